The van der Waals surface area contributed by atoms with Gasteiger partial charge in [0.1, 0.15) is 0 Å². The van der Waals surface area contributed by atoms with Crippen LogP contribution in [-0.4, -0.2) is 27.7 Å². The van der Waals surface area contributed by atoms with Gasteiger partial charge in [0.25, 0.3) is 0 Å². The van der Waals surface area contributed by atoms with Crippen molar-refractivity contribution in [1.82, 2.24) is 0 Å². The largest absolute Gasteiger partial charge is 0.481 e. The minimum Gasteiger partial charge on any atom is -0.481 e. The van der Waals surface area contributed by atoms with Gasteiger partial charge in [-0.05, 0) is 24.8 Å². The van der Waals surface area contributed by atoms with Crippen LogP contribution >= 0.6 is 8.03 Å². The van der Waals surface area contributed by atoms with Crippen molar-refractivity contribution in [2.24, 2.45) is 11.7 Å². The molecule has 0 saturated heterocycles. The maximum Gasteiger partial charge on any atom is 0.307 e. The third-order valence-corrected chi connectivity index (χ3v) is 4.96. The molecule has 4 unspecified atom stereocenters. The number of hydrogen-bond acceptors (Lipinski definition) is 3. The summed E-state index contributed by atoms with van der Waals surface area (Å²) in [5.74, 6) is -1.94. The highest BCUT2D eigenvalue weighted by Crippen LogP contribution is 2.34. The summed E-state index contributed by atoms with van der Waals surface area (Å²) >= 11 is 0. The highest BCUT2D eigenvalue weighted by atomic mass is 31.1. The number of aliphatic carboxylic acids is 1. The Bertz CT molecular complexity index is 452. The Labute approximate surface area is 119 Å². The van der Waals surface area contributed by atoms with Crippen molar-refractivity contribution in [2.75, 3.05) is 0 Å². The molecule has 20 heavy (non-hydrogen) atoms. The van der Waals surface area contributed by atoms with Gasteiger partial charge in [-0.15, -0.1) is 0 Å². The van der Waals surface area contributed by atoms with Crippen molar-refractivity contribution in [2.45, 2.75) is 37.9 Å². The lowest BCUT2D eigenvalue weighted by Gasteiger charge is -2.26. The van der Waals surface area contributed by atoms with E-state index in [1.165, 1.54) is 0 Å². The van der Waals surface area contributed by atoms with Gasteiger partial charge in [-0.3, -0.25) is 9.36 Å². The first-order chi connectivity index (χ1) is 9.47. The maximum atomic E-state index is 11.5. The maximum absolute atomic E-state index is 11.5. The summed E-state index contributed by atoms with van der Waals surface area (Å²) in [5, 5.41) is 9.33. The molecule has 1 aromatic carbocycles. The minimum atomic E-state index is -2.99. The van der Waals surface area contributed by atoms with Gasteiger partial charge in [0.2, 0.25) is 0 Å². The zero-order valence-corrected chi connectivity index (χ0v) is 12.5. The summed E-state index contributed by atoms with van der Waals surface area (Å²) in [6.45, 7) is 1.79. The molecular weight excluding hydrogens is 277 g/mol. The van der Waals surface area contributed by atoms with Gasteiger partial charge < -0.3 is 15.7 Å². The molecule has 0 aliphatic rings. The van der Waals surface area contributed by atoms with Gasteiger partial charge >= 0.3 is 5.97 Å². The van der Waals surface area contributed by atoms with Crippen LogP contribution in [0, 0.1) is 5.92 Å². The topological polar surface area (TPSA) is 101 Å². The molecule has 0 heterocycles. The second-order valence-electron chi connectivity index (χ2n) is 4.91. The van der Waals surface area contributed by atoms with E-state index < -0.39 is 31.6 Å². The Morgan fingerprint density at radius 2 is 1.95 bits per heavy atom. The molecule has 1 aromatic rings. The van der Waals surface area contributed by atoms with E-state index in [4.69, 9.17) is 5.73 Å². The number of aryl methyl sites for hydroxylation is 1. The van der Waals surface area contributed by atoms with Crippen molar-refractivity contribution in [3.8, 4) is 0 Å². The van der Waals surface area contributed by atoms with E-state index in [1.807, 2.05) is 30.3 Å². The normalized spacial score (nSPS) is 17.1. The van der Waals surface area contributed by atoms with E-state index in [-0.39, 0.29) is 0 Å². The van der Waals surface area contributed by atoms with Crippen LogP contribution in [0.25, 0.3) is 0 Å². The number of carboxylic acids is 1. The first-order valence-corrected chi connectivity index (χ1v) is 8.15. The van der Waals surface area contributed by atoms with Crippen molar-refractivity contribution in [3.05, 3.63) is 35.9 Å². The fraction of sp³-hybridized carbons (Fsp3) is 0.500. The standard InChI is InChI=1S/C14H22NO4P/c1-2-12(15)13(20(18)19)11(14(16)17)9-8-10-6-4-3-5-7-10/h3-7,11-13,20H,2,8-9,15H2,1H3,(H,16,17)(H,18,19). The van der Waals surface area contributed by atoms with Crippen LogP contribution < -0.4 is 5.73 Å². The Morgan fingerprint density at radius 3 is 2.40 bits per heavy atom. The van der Waals surface area contributed by atoms with E-state index in [0.29, 0.717) is 19.3 Å². The van der Waals surface area contributed by atoms with Crippen LogP contribution in [0.4, 0.5) is 0 Å². The quantitative estimate of drug-likeness (QED) is 0.636. The molecule has 0 aromatic heterocycles. The Kier molecular flexibility index (Phi) is 6.93. The molecule has 0 aliphatic carbocycles. The number of benzene rings is 1. The van der Waals surface area contributed by atoms with Gasteiger partial charge in [-0.25, -0.2) is 0 Å². The summed E-state index contributed by atoms with van der Waals surface area (Å²) < 4.78 is 11.5. The fourth-order valence-electron chi connectivity index (χ4n) is 2.33. The lowest BCUT2D eigenvalue weighted by molar-refractivity contribution is -0.142. The fourth-order valence-corrected chi connectivity index (χ4v) is 3.59. The average molecular weight is 299 g/mol. The molecule has 6 heteroatoms. The SMILES string of the molecule is CCC(N)C(C(CCc1ccccc1)C(=O)O)[PH](=O)O. The first-order valence-electron chi connectivity index (χ1n) is 6.72. The molecule has 0 saturated carbocycles. The third-order valence-electron chi connectivity index (χ3n) is 3.56. The van der Waals surface area contributed by atoms with Crippen LogP contribution in [0.1, 0.15) is 25.3 Å². The molecule has 5 nitrogen and oxygen atoms in total. The number of hydrogen-bond donors (Lipinski definition) is 3. The second-order valence-corrected chi connectivity index (χ2v) is 6.25. The van der Waals surface area contributed by atoms with Gasteiger partial charge in [-0.1, -0.05) is 37.3 Å². The summed E-state index contributed by atoms with van der Waals surface area (Å²) in [6, 6.07) is 8.92. The highest BCUT2D eigenvalue weighted by molar-refractivity contribution is 7.39. The van der Waals surface area contributed by atoms with Gasteiger partial charge in [0.05, 0.1) is 11.6 Å². The summed E-state index contributed by atoms with van der Waals surface area (Å²) in [6.07, 6.45) is 1.35. The lowest BCUT2D eigenvalue weighted by atomic mass is 9.92. The molecule has 0 fully saturated rings. The minimum absolute atomic E-state index is 0.314. The molecule has 0 spiro atoms. The average Bonchev–Trinajstić information content (AvgIpc) is 2.42. The van der Waals surface area contributed by atoms with E-state index in [2.05, 4.69) is 0 Å². The van der Waals surface area contributed by atoms with E-state index in [9.17, 15) is 19.4 Å². The molecular formula is C14H22NO4P. The molecule has 0 bridgehead atoms. The van der Waals surface area contributed by atoms with Crippen LogP contribution in [0.15, 0.2) is 30.3 Å². The Hall–Kier alpha value is -1.16. The number of carbonyl (C=O) groups is 1. The third kappa shape index (κ3) is 4.75. The summed E-state index contributed by atoms with van der Waals surface area (Å²) in [4.78, 5) is 20.8. The zero-order valence-electron chi connectivity index (χ0n) is 11.5. The smallest absolute Gasteiger partial charge is 0.307 e. The lowest BCUT2D eigenvalue weighted by Crippen LogP contribution is -2.40. The monoisotopic (exact) mass is 299 g/mol. The Morgan fingerprint density at radius 1 is 1.35 bits per heavy atom. The van der Waals surface area contributed by atoms with Crippen LogP contribution in [0.3, 0.4) is 0 Å². The summed E-state index contributed by atoms with van der Waals surface area (Å²) in [5.41, 5.74) is 5.97. The number of carboxylic acid groups (broad SMARTS) is 1. The second kappa shape index (κ2) is 8.20. The van der Waals surface area contributed by atoms with Crippen LogP contribution in [0.2, 0.25) is 0 Å². The molecule has 0 amide bonds. The van der Waals surface area contributed by atoms with Crippen LogP contribution in [0.5, 0.6) is 0 Å². The van der Waals surface area contributed by atoms with E-state index >= 15 is 0 Å². The molecule has 0 radical (unpaired) electrons. The van der Waals surface area contributed by atoms with Crippen LogP contribution in [-0.2, 0) is 15.8 Å². The van der Waals surface area contributed by atoms with Gasteiger partial charge in [-0.2, -0.15) is 0 Å². The first kappa shape index (κ1) is 16.9. The molecule has 4 atom stereocenters. The Balaban J connectivity index is 2.82. The van der Waals surface area contributed by atoms with Crippen molar-refractivity contribution in [1.29, 1.82) is 0 Å². The van der Waals surface area contributed by atoms with E-state index in [0.717, 1.165) is 5.56 Å². The van der Waals surface area contributed by atoms with Crippen molar-refractivity contribution in [3.63, 3.8) is 0 Å². The van der Waals surface area contributed by atoms with E-state index in [1.54, 1.807) is 6.92 Å². The summed E-state index contributed by atoms with van der Waals surface area (Å²) in [7, 11) is -2.99. The predicted molar refractivity (Wildman–Crippen MR) is 79.2 cm³/mol. The number of nitrogens with two attached hydrogens (primary N) is 1. The van der Waals surface area contributed by atoms with Crippen molar-refractivity contribution < 1.29 is 19.4 Å². The highest BCUT2D eigenvalue weighted by Gasteiger charge is 2.35. The van der Waals surface area contributed by atoms with Crippen molar-refractivity contribution >= 4 is 14.0 Å². The number of rotatable bonds is 8. The zero-order chi connectivity index (χ0) is 15.1. The molecule has 0 aliphatic heterocycles. The molecule has 112 valence electrons. The van der Waals surface area contributed by atoms with Gasteiger partial charge in [0, 0.05) is 6.04 Å². The molecule has 4 N–H and O–H groups in total. The van der Waals surface area contributed by atoms with Gasteiger partial charge in [0.15, 0.2) is 8.03 Å². The predicted octanol–water partition coefficient (Wildman–Crippen LogP) is 1.89. The molecule has 1 rings (SSSR count).